The predicted octanol–water partition coefficient (Wildman–Crippen LogP) is 4.01. The highest BCUT2D eigenvalue weighted by molar-refractivity contribution is 5.89. The molecule has 1 aliphatic heterocycles. The highest BCUT2D eigenvalue weighted by atomic mass is 16.5. The number of likely N-dealkylation sites (tertiary alicyclic amines) is 1. The number of piperidine rings is 1. The first kappa shape index (κ1) is 25.2. The Labute approximate surface area is 201 Å². The van der Waals surface area contributed by atoms with Crippen LogP contribution in [0.2, 0.25) is 0 Å². The summed E-state index contributed by atoms with van der Waals surface area (Å²) in [6.45, 7) is 3.94. The molecule has 1 unspecified atom stereocenters. The molecule has 3 amide bonds. The minimum Gasteiger partial charge on any atom is -0.493 e. The van der Waals surface area contributed by atoms with E-state index in [4.69, 9.17) is 14.2 Å². The van der Waals surface area contributed by atoms with E-state index in [2.05, 4.69) is 10.6 Å². The fraction of sp³-hybridized carbons (Fsp3) is 0.462. The predicted molar refractivity (Wildman–Crippen MR) is 132 cm³/mol. The van der Waals surface area contributed by atoms with Crippen molar-refractivity contribution in [1.29, 1.82) is 0 Å². The van der Waals surface area contributed by atoms with Gasteiger partial charge in [0.25, 0.3) is 0 Å². The molecular formula is C26H35N3O5. The summed E-state index contributed by atoms with van der Waals surface area (Å²) in [5.74, 6) is 2.05. The number of aryl methyl sites for hydroxylation is 2. The highest BCUT2D eigenvalue weighted by Crippen LogP contribution is 2.38. The van der Waals surface area contributed by atoms with Gasteiger partial charge in [0, 0.05) is 31.7 Å². The summed E-state index contributed by atoms with van der Waals surface area (Å²) in [5.41, 5.74) is 2.85. The van der Waals surface area contributed by atoms with Crippen LogP contribution in [0.3, 0.4) is 0 Å². The van der Waals surface area contributed by atoms with Crippen molar-refractivity contribution in [1.82, 2.24) is 10.2 Å². The Morgan fingerprint density at radius 3 is 2.32 bits per heavy atom. The van der Waals surface area contributed by atoms with Crippen molar-refractivity contribution in [3.05, 3.63) is 47.5 Å². The van der Waals surface area contributed by atoms with Crippen molar-refractivity contribution in [2.24, 2.45) is 5.92 Å². The molecule has 8 nitrogen and oxygen atoms in total. The zero-order chi connectivity index (χ0) is 24.5. The zero-order valence-corrected chi connectivity index (χ0v) is 20.5. The third-order valence-electron chi connectivity index (χ3n) is 6.08. The first-order chi connectivity index (χ1) is 16.4. The lowest BCUT2D eigenvalue weighted by Gasteiger charge is -2.33. The second kappa shape index (κ2) is 12.2. The van der Waals surface area contributed by atoms with E-state index < -0.39 is 0 Å². The summed E-state index contributed by atoms with van der Waals surface area (Å²) in [7, 11) is 4.72. The topological polar surface area (TPSA) is 89.1 Å². The van der Waals surface area contributed by atoms with Crippen LogP contribution in [0.5, 0.6) is 17.2 Å². The molecule has 34 heavy (non-hydrogen) atoms. The molecule has 8 heteroatoms. The number of hydrogen-bond donors (Lipinski definition) is 2. The Bertz CT molecular complexity index is 952. The van der Waals surface area contributed by atoms with E-state index in [0.29, 0.717) is 43.2 Å². The lowest BCUT2D eigenvalue weighted by Crippen LogP contribution is -2.44. The number of amides is 3. The smallest absolute Gasteiger partial charge is 0.319 e. The van der Waals surface area contributed by atoms with Crippen molar-refractivity contribution in [2.45, 2.75) is 32.6 Å². The average Bonchev–Trinajstić information content (AvgIpc) is 2.86. The molecule has 0 radical (unpaired) electrons. The Balaban J connectivity index is 1.48. The quantitative estimate of drug-likeness (QED) is 0.579. The van der Waals surface area contributed by atoms with Gasteiger partial charge in [-0.15, -0.1) is 0 Å². The summed E-state index contributed by atoms with van der Waals surface area (Å²) < 4.78 is 16.2. The van der Waals surface area contributed by atoms with Crippen LogP contribution in [0.4, 0.5) is 10.5 Å². The summed E-state index contributed by atoms with van der Waals surface area (Å²) in [6.07, 6.45) is 2.89. The van der Waals surface area contributed by atoms with Crippen molar-refractivity contribution < 1.29 is 23.8 Å². The molecule has 0 saturated carbocycles. The number of nitrogens with one attached hydrogen (secondary N) is 2. The third kappa shape index (κ3) is 6.79. The molecule has 2 N–H and O–H groups in total. The van der Waals surface area contributed by atoms with Crippen LogP contribution in [0, 0.1) is 12.8 Å². The summed E-state index contributed by atoms with van der Waals surface area (Å²) in [5, 5.41) is 5.79. The number of benzene rings is 2. The van der Waals surface area contributed by atoms with Gasteiger partial charge in [0.05, 0.1) is 21.3 Å². The van der Waals surface area contributed by atoms with E-state index in [9.17, 15) is 9.59 Å². The zero-order valence-electron chi connectivity index (χ0n) is 20.5. The van der Waals surface area contributed by atoms with Crippen molar-refractivity contribution in [3.63, 3.8) is 0 Å². The second-order valence-corrected chi connectivity index (χ2v) is 8.58. The molecule has 1 fully saturated rings. The van der Waals surface area contributed by atoms with Crippen LogP contribution < -0.4 is 24.8 Å². The monoisotopic (exact) mass is 469 g/mol. The van der Waals surface area contributed by atoms with E-state index >= 15 is 0 Å². The van der Waals surface area contributed by atoms with Gasteiger partial charge in [0.1, 0.15) is 0 Å². The SMILES string of the molecule is COc1cc(CCC(=O)N2CCCC(CNC(=O)Nc3ccc(C)cc3)C2)cc(OC)c1OC. The maximum atomic E-state index is 12.9. The first-order valence-electron chi connectivity index (χ1n) is 11.6. The fourth-order valence-electron chi connectivity index (χ4n) is 4.20. The Kier molecular flexibility index (Phi) is 9.01. The van der Waals surface area contributed by atoms with E-state index in [0.717, 1.165) is 36.2 Å². The van der Waals surface area contributed by atoms with Gasteiger partial charge >= 0.3 is 6.03 Å². The van der Waals surface area contributed by atoms with Gasteiger partial charge in [-0.25, -0.2) is 4.79 Å². The molecule has 0 aliphatic carbocycles. The maximum Gasteiger partial charge on any atom is 0.319 e. The lowest BCUT2D eigenvalue weighted by atomic mass is 9.97. The van der Waals surface area contributed by atoms with Crippen molar-refractivity contribution >= 4 is 17.6 Å². The van der Waals surface area contributed by atoms with E-state index in [-0.39, 0.29) is 17.9 Å². The van der Waals surface area contributed by atoms with Crippen molar-refractivity contribution in [2.75, 3.05) is 46.3 Å². The van der Waals surface area contributed by atoms with Crippen LogP contribution in [0.15, 0.2) is 36.4 Å². The largest absolute Gasteiger partial charge is 0.493 e. The number of carbonyl (C=O) groups excluding carboxylic acids is 2. The Morgan fingerprint density at radius 1 is 1.03 bits per heavy atom. The molecule has 184 valence electrons. The standard InChI is InChI=1S/C26H35N3O5/c1-18-7-10-21(11-8-18)28-26(31)27-16-20-6-5-13-29(17-20)24(30)12-9-19-14-22(32-2)25(34-4)23(15-19)33-3/h7-8,10-11,14-15,20H,5-6,9,12-13,16-17H2,1-4H3,(H2,27,28,31). The fourth-order valence-corrected chi connectivity index (χ4v) is 4.20. The highest BCUT2D eigenvalue weighted by Gasteiger charge is 2.24. The lowest BCUT2D eigenvalue weighted by molar-refractivity contribution is -0.132. The summed E-state index contributed by atoms with van der Waals surface area (Å²) >= 11 is 0. The van der Waals surface area contributed by atoms with Gasteiger partial charge in [-0.1, -0.05) is 17.7 Å². The van der Waals surface area contributed by atoms with Gasteiger partial charge in [-0.3, -0.25) is 4.79 Å². The van der Waals surface area contributed by atoms with Gasteiger partial charge in [0.2, 0.25) is 11.7 Å². The number of carbonyl (C=O) groups is 2. The van der Waals surface area contributed by atoms with E-state index in [1.165, 1.54) is 0 Å². The van der Waals surface area contributed by atoms with E-state index in [1.807, 2.05) is 48.2 Å². The molecule has 1 aliphatic rings. The van der Waals surface area contributed by atoms with Gasteiger partial charge in [0.15, 0.2) is 11.5 Å². The molecular weight excluding hydrogens is 434 g/mol. The molecule has 1 heterocycles. The molecule has 2 aromatic rings. The number of nitrogens with zero attached hydrogens (tertiary/aromatic N) is 1. The number of ether oxygens (including phenoxy) is 3. The Hall–Kier alpha value is -3.42. The van der Waals surface area contributed by atoms with Crippen LogP contribution in [0.1, 0.15) is 30.4 Å². The molecule has 0 aromatic heterocycles. The third-order valence-corrected chi connectivity index (χ3v) is 6.08. The Morgan fingerprint density at radius 2 is 1.71 bits per heavy atom. The molecule has 1 atom stereocenters. The molecule has 1 saturated heterocycles. The van der Waals surface area contributed by atoms with E-state index in [1.54, 1.807) is 21.3 Å². The summed E-state index contributed by atoms with van der Waals surface area (Å²) in [6, 6.07) is 11.2. The molecule has 0 spiro atoms. The molecule has 0 bridgehead atoms. The molecule has 3 rings (SSSR count). The van der Waals surface area contributed by atoms with Crippen LogP contribution >= 0.6 is 0 Å². The number of urea groups is 1. The van der Waals surface area contributed by atoms with Gasteiger partial charge in [-0.2, -0.15) is 0 Å². The number of hydrogen-bond acceptors (Lipinski definition) is 5. The maximum absolute atomic E-state index is 12.9. The van der Waals surface area contributed by atoms with Crippen molar-refractivity contribution in [3.8, 4) is 17.2 Å². The number of rotatable bonds is 9. The van der Waals surface area contributed by atoms with Crippen LogP contribution in [-0.2, 0) is 11.2 Å². The van der Waals surface area contributed by atoms with Gasteiger partial charge in [-0.05, 0) is 61.9 Å². The first-order valence-corrected chi connectivity index (χ1v) is 11.6. The average molecular weight is 470 g/mol. The minimum atomic E-state index is -0.227. The minimum absolute atomic E-state index is 0.113. The normalized spacial score (nSPS) is 15.4. The number of anilines is 1. The van der Waals surface area contributed by atoms with Gasteiger partial charge < -0.3 is 29.7 Å². The molecule has 2 aromatic carbocycles. The second-order valence-electron chi connectivity index (χ2n) is 8.58. The van der Waals surface area contributed by atoms with Crippen LogP contribution in [0.25, 0.3) is 0 Å². The summed E-state index contributed by atoms with van der Waals surface area (Å²) in [4.78, 5) is 27.0. The van der Waals surface area contributed by atoms with Crippen LogP contribution in [-0.4, -0.2) is 57.8 Å². The number of methoxy groups -OCH3 is 3.